The predicted octanol–water partition coefficient (Wildman–Crippen LogP) is 6.01. The topological polar surface area (TPSA) is 52.3 Å². The van der Waals surface area contributed by atoms with Crippen LogP contribution < -0.4 is 10.5 Å². The van der Waals surface area contributed by atoms with Crippen molar-refractivity contribution in [3.63, 3.8) is 0 Å². The minimum absolute atomic E-state index is 0.699. The number of hydrogen-bond donors (Lipinski definition) is 1. The zero-order valence-corrected chi connectivity index (χ0v) is 16.4. The van der Waals surface area contributed by atoms with Crippen LogP contribution in [0.15, 0.2) is 48.5 Å². The Hall–Kier alpha value is -2.13. The lowest BCUT2D eigenvalue weighted by molar-refractivity contribution is 0.112. The minimum atomic E-state index is 0.699. The number of nitrogens with two attached hydrogens (primary N) is 1. The van der Waals surface area contributed by atoms with Gasteiger partial charge in [-0.2, -0.15) is 0 Å². The Morgan fingerprint density at radius 3 is 1.67 bits per heavy atom. The Kier molecular flexibility index (Phi) is 10.3. The Morgan fingerprint density at radius 2 is 1.15 bits per heavy atom. The van der Waals surface area contributed by atoms with E-state index in [1.54, 1.807) is 0 Å². The van der Waals surface area contributed by atoms with Gasteiger partial charge in [-0.3, -0.25) is 4.79 Å². The molecule has 0 aliphatic rings. The van der Waals surface area contributed by atoms with Gasteiger partial charge in [0.25, 0.3) is 0 Å². The molecule has 2 rings (SSSR count). The SMILES string of the molecule is NCCCCCCCCCCCOc1ccc(-c2ccc(C=O)cc2)cc1. The smallest absolute Gasteiger partial charge is 0.150 e. The largest absolute Gasteiger partial charge is 0.494 e. The van der Waals surface area contributed by atoms with Gasteiger partial charge in [-0.1, -0.05) is 81.3 Å². The fraction of sp³-hybridized carbons (Fsp3) is 0.458. The third-order valence-corrected chi connectivity index (χ3v) is 4.85. The van der Waals surface area contributed by atoms with Crippen LogP contribution in [-0.4, -0.2) is 19.4 Å². The molecule has 0 aliphatic carbocycles. The molecule has 0 atom stereocenters. The lowest BCUT2D eigenvalue weighted by atomic mass is 10.0. The third kappa shape index (κ3) is 8.40. The van der Waals surface area contributed by atoms with E-state index in [9.17, 15) is 4.79 Å². The molecule has 27 heavy (non-hydrogen) atoms. The van der Waals surface area contributed by atoms with Crippen LogP contribution >= 0.6 is 0 Å². The monoisotopic (exact) mass is 367 g/mol. The normalized spacial score (nSPS) is 10.7. The molecule has 3 heteroatoms. The maximum atomic E-state index is 10.7. The highest BCUT2D eigenvalue weighted by Crippen LogP contribution is 2.23. The van der Waals surface area contributed by atoms with Gasteiger partial charge in [0.2, 0.25) is 0 Å². The minimum Gasteiger partial charge on any atom is -0.494 e. The molecule has 0 spiro atoms. The summed E-state index contributed by atoms with van der Waals surface area (Å²) in [5.74, 6) is 0.920. The fourth-order valence-electron chi connectivity index (χ4n) is 3.17. The van der Waals surface area contributed by atoms with Crippen LogP contribution in [0.3, 0.4) is 0 Å². The van der Waals surface area contributed by atoms with Crippen molar-refractivity contribution in [1.29, 1.82) is 0 Å². The number of carbonyl (C=O) groups is 1. The van der Waals surface area contributed by atoms with Crippen LogP contribution in [0.1, 0.15) is 68.1 Å². The van der Waals surface area contributed by atoms with Crippen molar-refractivity contribution in [2.75, 3.05) is 13.2 Å². The van der Waals surface area contributed by atoms with Crippen molar-refractivity contribution in [2.45, 2.75) is 57.8 Å². The summed E-state index contributed by atoms with van der Waals surface area (Å²) in [6.07, 6.45) is 12.3. The Morgan fingerprint density at radius 1 is 0.667 bits per heavy atom. The number of ether oxygens (including phenoxy) is 1. The number of benzene rings is 2. The average Bonchev–Trinajstić information content (AvgIpc) is 2.72. The van der Waals surface area contributed by atoms with Crippen LogP contribution in [-0.2, 0) is 0 Å². The first-order valence-corrected chi connectivity index (χ1v) is 10.3. The highest BCUT2D eigenvalue weighted by Gasteiger charge is 2.00. The van der Waals surface area contributed by atoms with E-state index in [0.29, 0.717) is 5.56 Å². The molecular weight excluding hydrogens is 334 g/mol. The highest BCUT2D eigenvalue weighted by atomic mass is 16.5. The summed E-state index contributed by atoms with van der Waals surface area (Å²) in [6.45, 7) is 1.61. The van der Waals surface area contributed by atoms with Crippen LogP contribution in [0, 0.1) is 0 Å². The van der Waals surface area contributed by atoms with Crippen LogP contribution in [0.2, 0.25) is 0 Å². The van der Waals surface area contributed by atoms with Crippen molar-refractivity contribution in [3.8, 4) is 16.9 Å². The van der Waals surface area contributed by atoms with E-state index in [2.05, 4.69) is 12.1 Å². The number of aldehydes is 1. The Balaban J connectivity index is 1.57. The quantitative estimate of drug-likeness (QED) is 0.328. The molecule has 3 nitrogen and oxygen atoms in total. The van der Waals surface area contributed by atoms with Gasteiger partial charge in [0.15, 0.2) is 0 Å². The van der Waals surface area contributed by atoms with Gasteiger partial charge in [-0.15, -0.1) is 0 Å². The zero-order valence-electron chi connectivity index (χ0n) is 16.4. The van der Waals surface area contributed by atoms with Crippen LogP contribution in [0.25, 0.3) is 11.1 Å². The molecule has 0 radical (unpaired) electrons. The summed E-state index contributed by atoms with van der Waals surface area (Å²) in [7, 11) is 0. The molecule has 2 N–H and O–H groups in total. The number of carbonyl (C=O) groups excluding carboxylic acids is 1. The Bertz CT molecular complexity index is 634. The summed E-state index contributed by atoms with van der Waals surface area (Å²) in [4.78, 5) is 10.7. The first-order chi connectivity index (χ1) is 13.3. The van der Waals surface area contributed by atoms with Gasteiger partial charge < -0.3 is 10.5 Å². The van der Waals surface area contributed by atoms with Gasteiger partial charge in [0.05, 0.1) is 6.61 Å². The van der Waals surface area contributed by atoms with E-state index in [4.69, 9.17) is 10.5 Å². The first kappa shape index (κ1) is 21.2. The molecule has 0 saturated carbocycles. The van der Waals surface area contributed by atoms with Gasteiger partial charge in [-0.05, 0) is 42.6 Å². The van der Waals surface area contributed by atoms with Crippen molar-refractivity contribution < 1.29 is 9.53 Å². The predicted molar refractivity (Wildman–Crippen MR) is 113 cm³/mol. The molecule has 2 aromatic carbocycles. The van der Waals surface area contributed by atoms with E-state index in [-0.39, 0.29) is 0 Å². The van der Waals surface area contributed by atoms with Crippen LogP contribution in [0.4, 0.5) is 0 Å². The molecule has 0 aliphatic heterocycles. The van der Waals surface area contributed by atoms with E-state index >= 15 is 0 Å². The standard InChI is InChI=1S/C24H33NO2/c25-18-8-6-4-2-1-3-5-7-9-19-27-24-16-14-23(15-17-24)22-12-10-21(20-26)11-13-22/h10-17,20H,1-9,18-19,25H2. The number of rotatable bonds is 14. The molecule has 0 fully saturated rings. The van der Waals surface area contributed by atoms with Gasteiger partial charge in [-0.25, -0.2) is 0 Å². The van der Waals surface area contributed by atoms with E-state index in [1.165, 1.54) is 51.4 Å². The van der Waals surface area contributed by atoms with Gasteiger partial charge in [0, 0.05) is 5.56 Å². The molecule has 0 aromatic heterocycles. The molecule has 2 aromatic rings. The zero-order chi connectivity index (χ0) is 19.2. The van der Waals surface area contributed by atoms with Crippen molar-refractivity contribution in [2.24, 2.45) is 5.73 Å². The van der Waals surface area contributed by atoms with E-state index in [1.807, 2.05) is 36.4 Å². The molecule has 0 heterocycles. The first-order valence-electron chi connectivity index (χ1n) is 10.3. The second-order valence-electron chi connectivity index (χ2n) is 7.08. The summed E-state index contributed by atoms with van der Waals surface area (Å²) < 4.78 is 5.85. The summed E-state index contributed by atoms with van der Waals surface area (Å²) in [5.41, 5.74) is 8.44. The second-order valence-corrected chi connectivity index (χ2v) is 7.08. The molecule has 146 valence electrons. The molecule has 0 amide bonds. The molecule has 0 bridgehead atoms. The third-order valence-electron chi connectivity index (χ3n) is 4.85. The van der Waals surface area contributed by atoms with Gasteiger partial charge in [0.1, 0.15) is 12.0 Å². The van der Waals surface area contributed by atoms with Crippen molar-refractivity contribution in [3.05, 3.63) is 54.1 Å². The summed E-state index contributed by atoms with van der Waals surface area (Å²) >= 11 is 0. The number of hydrogen-bond acceptors (Lipinski definition) is 3. The molecule has 0 unspecified atom stereocenters. The van der Waals surface area contributed by atoms with E-state index in [0.717, 1.165) is 42.7 Å². The maximum Gasteiger partial charge on any atom is 0.150 e. The van der Waals surface area contributed by atoms with Crippen molar-refractivity contribution >= 4 is 6.29 Å². The molecule has 0 saturated heterocycles. The summed E-state index contributed by atoms with van der Waals surface area (Å²) in [6, 6.07) is 15.8. The van der Waals surface area contributed by atoms with Crippen LogP contribution in [0.5, 0.6) is 5.75 Å². The maximum absolute atomic E-state index is 10.7. The van der Waals surface area contributed by atoms with Gasteiger partial charge >= 0.3 is 0 Å². The lowest BCUT2D eigenvalue weighted by Crippen LogP contribution is -1.97. The fourth-order valence-corrected chi connectivity index (χ4v) is 3.17. The molecular formula is C24H33NO2. The average molecular weight is 368 g/mol. The Labute approximate surface area is 163 Å². The van der Waals surface area contributed by atoms with E-state index < -0.39 is 0 Å². The van der Waals surface area contributed by atoms with Crippen molar-refractivity contribution in [1.82, 2.24) is 0 Å². The lowest BCUT2D eigenvalue weighted by Gasteiger charge is -2.08. The summed E-state index contributed by atoms with van der Waals surface area (Å²) in [5, 5.41) is 0. The second kappa shape index (κ2) is 13.1. The number of unbranched alkanes of at least 4 members (excludes halogenated alkanes) is 8. The highest BCUT2D eigenvalue weighted by molar-refractivity contribution is 5.76.